The molecular formula is C22H18N4O3. The maximum atomic E-state index is 12.5. The molecule has 0 saturated heterocycles. The lowest BCUT2D eigenvalue weighted by atomic mass is 10.2. The average Bonchev–Trinajstić information content (AvgIpc) is 2.74. The third-order valence-corrected chi connectivity index (χ3v) is 3.93. The van der Waals surface area contributed by atoms with Crippen LogP contribution in [0.15, 0.2) is 66.9 Å². The Morgan fingerprint density at radius 2 is 1.79 bits per heavy atom. The number of esters is 1. The number of pyridine rings is 1. The molecule has 0 spiro atoms. The Morgan fingerprint density at radius 3 is 2.52 bits per heavy atom. The van der Waals surface area contributed by atoms with Gasteiger partial charge < -0.3 is 15.4 Å². The van der Waals surface area contributed by atoms with Crippen molar-refractivity contribution in [2.75, 3.05) is 17.2 Å². The lowest BCUT2D eigenvalue weighted by Crippen LogP contribution is -2.14. The average molecular weight is 386 g/mol. The van der Waals surface area contributed by atoms with E-state index in [2.05, 4.69) is 21.7 Å². The van der Waals surface area contributed by atoms with E-state index >= 15 is 0 Å². The number of nitrogens with one attached hydrogen (secondary N) is 2. The number of nitrogens with zero attached hydrogens (tertiary/aromatic N) is 2. The second kappa shape index (κ2) is 9.15. The fourth-order valence-corrected chi connectivity index (χ4v) is 2.56. The number of nitriles is 1. The molecule has 0 aliphatic rings. The van der Waals surface area contributed by atoms with Crippen LogP contribution in [-0.2, 0) is 4.74 Å². The Morgan fingerprint density at radius 1 is 1.03 bits per heavy atom. The van der Waals surface area contributed by atoms with Gasteiger partial charge in [0, 0.05) is 23.3 Å². The maximum Gasteiger partial charge on any atom is 0.338 e. The van der Waals surface area contributed by atoms with Gasteiger partial charge in [0.15, 0.2) is 0 Å². The number of amides is 1. The van der Waals surface area contributed by atoms with Crippen LogP contribution in [0.1, 0.15) is 33.3 Å². The number of aromatic nitrogens is 1. The number of hydrogen-bond acceptors (Lipinski definition) is 6. The van der Waals surface area contributed by atoms with Crippen molar-refractivity contribution in [2.24, 2.45) is 0 Å². The van der Waals surface area contributed by atoms with Crippen molar-refractivity contribution in [1.82, 2.24) is 4.98 Å². The summed E-state index contributed by atoms with van der Waals surface area (Å²) in [5.41, 5.74) is 3.10. The number of anilines is 3. The van der Waals surface area contributed by atoms with Gasteiger partial charge in [-0.1, -0.05) is 6.07 Å². The molecule has 0 saturated carbocycles. The Balaban J connectivity index is 1.69. The third kappa shape index (κ3) is 5.17. The number of benzene rings is 2. The first-order valence-corrected chi connectivity index (χ1v) is 8.91. The molecule has 2 aromatic carbocycles. The van der Waals surface area contributed by atoms with Gasteiger partial charge in [0.2, 0.25) is 0 Å². The lowest BCUT2D eigenvalue weighted by molar-refractivity contribution is 0.0526. The highest BCUT2D eigenvalue weighted by Crippen LogP contribution is 2.19. The smallest absolute Gasteiger partial charge is 0.338 e. The first-order chi connectivity index (χ1) is 14.1. The van der Waals surface area contributed by atoms with E-state index in [-0.39, 0.29) is 11.6 Å². The van der Waals surface area contributed by atoms with E-state index in [1.165, 1.54) is 6.20 Å². The standard InChI is InChI=1S/C22H18N4O3/c1-2-29-22(28)16-6-8-17(9-7-16)26-21(27)20-13-19(10-11-24-20)25-18-5-3-4-15(12-18)14-23/h3-13H,2H2,1H3,(H,24,25)(H,26,27). The number of rotatable bonds is 6. The summed E-state index contributed by atoms with van der Waals surface area (Å²) in [4.78, 5) is 28.3. The van der Waals surface area contributed by atoms with E-state index in [1.54, 1.807) is 61.5 Å². The van der Waals surface area contributed by atoms with E-state index in [0.29, 0.717) is 29.1 Å². The van der Waals surface area contributed by atoms with E-state index in [4.69, 9.17) is 10.00 Å². The van der Waals surface area contributed by atoms with Gasteiger partial charge in [0.1, 0.15) is 5.69 Å². The third-order valence-electron chi connectivity index (χ3n) is 3.93. The summed E-state index contributed by atoms with van der Waals surface area (Å²) < 4.78 is 4.93. The van der Waals surface area contributed by atoms with Gasteiger partial charge in [-0.2, -0.15) is 5.26 Å². The highest BCUT2D eigenvalue weighted by molar-refractivity contribution is 6.03. The van der Waals surface area contributed by atoms with Crippen LogP contribution in [0.2, 0.25) is 0 Å². The molecule has 0 fully saturated rings. The largest absolute Gasteiger partial charge is 0.462 e. The highest BCUT2D eigenvalue weighted by atomic mass is 16.5. The monoisotopic (exact) mass is 386 g/mol. The Labute approximate surface area is 168 Å². The van der Waals surface area contributed by atoms with Crippen LogP contribution in [0.4, 0.5) is 17.1 Å². The van der Waals surface area contributed by atoms with Crippen molar-refractivity contribution >= 4 is 28.9 Å². The minimum Gasteiger partial charge on any atom is -0.462 e. The van der Waals surface area contributed by atoms with Crippen molar-refractivity contribution < 1.29 is 14.3 Å². The predicted octanol–water partition coefficient (Wildman–Crippen LogP) is 4.13. The molecule has 29 heavy (non-hydrogen) atoms. The van der Waals surface area contributed by atoms with Crippen LogP contribution in [0, 0.1) is 11.3 Å². The summed E-state index contributed by atoms with van der Waals surface area (Å²) in [6.45, 7) is 2.04. The predicted molar refractivity (Wildman–Crippen MR) is 109 cm³/mol. The number of carbonyl (C=O) groups is 2. The van der Waals surface area contributed by atoms with Gasteiger partial charge in [0.25, 0.3) is 5.91 Å². The Hall–Kier alpha value is -4.18. The quantitative estimate of drug-likeness (QED) is 0.618. The first-order valence-electron chi connectivity index (χ1n) is 8.91. The zero-order valence-corrected chi connectivity index (χ0v) is 15.7. The molecule has 0 radical (unpaired) electrons. The van der Waals surface area contributed by atoms with E-state index in [9.17, 15) is 9.59 Å². The summed E-state index contributed by atoms with van der Waals surface area (Å²) in [5, 5.41) is 14.9. The minimum absolute atomic E-state index is 0.223. The van der Waals surface area contributed by atoms with Crippen LogP contribution in [0.25, 0.3) is 0 Å². The summed E-state index contributed by atoms with van der Waals surface area (Å²) >= 11 is 0. The van der Waals surface area contributed by atoms with E-state index in [0.717, 1.165) is 5.69 Å². The summed E-state index contributed by atoms with van der Waals surface area (Å²) in [6.07, 6.45) is 1.52. The van der Waals surface area contributed by atoms with Crippen molar-refractivity contribution in [2.45, 2.75) is 6.92 Å². The second-order valence-electron chi connectivity index (χ2n) is 6.00. The zero-order chi connectivity index (χ0) is 20.6. The van der Waals surface area contributed by atoms with Gasteiger partial charge in [-0.25, -0.2) is 4.79 Å². The van der Waals surface area contributed by atoms with Gasteiger partial charge in [0.05, 0.1) is 23.8 Å². The topological polar surface area (TPSA) is 104 Å². The van der Waals surface area contributed by atoms with Gasteiger partial charge in [-0.3, -0.25) is 9.78 Å². The van der Waals surface area contributed by atoms with Crippen LogP contribution >= 0.6 is 0 Å². The number of ether oxygens (including phenoxy) is 1. The van der Waals surface area contributed by atoms with E-state index < -0.39 is 5.97 Å². The van der Waals surface area contributed by atoms with Crippen LogP contribution in [0.3, 0.4) is 0 Å². The highest BCUT2D eigenvalue weighted by Gasteiger charge is 2.10. The van der Waals surface area contributed by atoms with Gasteiger partial charge in [-0.05, 0) is 61.5 Å². The molecule has 1 heterocycles. The molecule has 0 bridgehead atoms. The van der Waals surface area contributed by atoms with E-state index in [1.807, 2.05) is 6.07 Å². The molecule has 0 aliphatic carbocycles. The molecule has 0 unspecified atom stereocenters. The zero-order valence-electron chi connectivity index (χ0n) is 15.7. The summed E-state index contributed by atoms with van der Waals surface area (Å²) in [5.74, 6) is -0.797. The molecule has 7 nitrogen and oxygen atoms in total. The summed E-state index contributed by atoms with van der Waals surface area (Å²) in [7, 11) is 0. The molecular weight excluding hydrogens is 368 g/mol. The molecule has 1 aromatic heterocycles. The molecule has 2 N–H and O–H groups in total. The van der Waals surface area contributed by atoms with Crippen LogP contribution in [0.5, 0.6) is 0 Å². The number of carbonyl (C=O) groups excluding carboxylic acids is 2. The second-order valence-corrected chi connectivity index (χ2v) is 6.00. The van der Waals surface area contributed by atoms with Gasteiger partial charge in [-0.15, -0.1) is 0 Å². The normalized spacial score (nSPS) is 9.93. The van der Waals surface area contributed by atoms with Crippen molar-refractivity contribution in [3.8, 4) is 6.07 Å². The van der Waals surface area contributed by atoms with Crippen molar-refractivity contribution in [1.29, 1.82) is 5.26 Å². The molecule has 7 heteroatoms. The molecule has 3 aromatic rings. The minimum atomic E-state index is -0.411. The maximum absolute atomic E-state index is 12.5. The van der Waals surface area contributed by atoms with Gasteiger partial charge >= 0.3 is 5.97 Å². The SMILES string of the molecule is CCOC(=O)c1ccc(NC(=O)c2cc(Nc3cccc(C#N)c3)ccn2)cc1. The molecule has 3 rings (SSSR count). The molecule has 1 amide bonds. The fourth-order valence-electron chi connectivity index (χ4n) is 2.56. The van der Waals surface area contributed by atoms with Crippen molar-refractivity contribution in [3.05, 3.63) is 83.7 Å². The Bertz CT molecular complexity index is 1070. The van der Waals surface area contributed by atoms with Crippen molar-refractivity contribution in [3.63, 3.8) is 0 Å². The van der Waals surface area contributed by atoms with Crippen LogP contribution in [-0.4, -0.2) is 23.5 Å². The first kappa shape index (κ1) is 19.6. The molecule has 144 valence electrons. The lowest BCUT2D eigenvalue weighted by Gasteiger charge is -2.09. The fraction of sp³-hybridized carbons (Fsp3) is 0.0909. The molecule has 0 aliphatic heterocycles. The summed E-state index contributed by atoms with van der Waals surface area (Å²) in [6, 6.07) is 18.9. The molecule has 0 atom stereocenters. The number of hydrogen-bond donors (Lipinski definition) is 2. The van der Waals surface area contributed by atoms with Crippen LogP contribution < -0.4 is 10.6 Å². The Kier molecular flexibility index (Phi) is 6.18.